The van der Waals surface area contributed by atoms with E-state index in [9.17, 15) is 0 Å². The highest BCUT2D eigenvalue weighted by molar-refractivity contribution is 7.26. The minimum atomic E-state index is 0.00751. The molecule has 65 heavy (non-hydrogen) atoms. The van der Waals surface area contributed by atoms with Crippen molar-refractivity contribution in [2.45, 2.75) is 19.3 Å². The highest BCUT2D eigenvalue weighted by Gasteiger charge is 2.35. The van der Waals surface area contributed by atoms with Crippen LogP contribution < -0.4 is 0 Å². The Morgan fingerprint density at radius 2 is 0.969 bits per heavy atom. The average Bonchev–Trinajstić information content (AvgIpc) is 3.99. The molecule has 13 aromatic rings. The molecule has 0 bridgehead atoms. The molecule has 0 radical (unpaired) electrons. The first kappa shape index (κ1) is 36.6. The standard InChI is InChI=1S/C62H40N2S/c1-62(2)54-17-9-7-15-50(54)52-33-43(27-30-55(52)62)37-19-21-38(22-20-37)46-28-29-47(49-14-6-5-13-48(46)49)39-23-25-40(26-24-39)57-36-53-51-16-8-10-18-59(51)65-60(53)61-63-56-34-44-31-41-11-3-4-12-42(41)32-45(44)35-58(56)64(57)61/h3-36H,1-2H3. The minimum Gasteiger partial charge on any atom is -0.291 e. The minimum absolute atomic E-state index is 0.00751. The number of pyridine rings is 1. The van der Waals surface area contributed by atoms with E-state index >= 15 is 0 Å². The Labute approximate surface area is 380 Å². The summed E-state index contributed by atoms with van der Waals surface area (Å²) in [5.41, 5.74) is 18.3. The number of thiophene rings is 1. The Bertz CT molecular complexity index is 4130. The fourth-order valence-corrected chi connectivity index (χ4v) is 12.2. The first-order valence-corrected chi connectivity index (χ1v) is 23.3. The summed E-state index contributed by atoms with van der Waals surface area (Å²) >= 11 is 1.83. The summed E-state index contributed by atoms with van der Waals surface area (Å²) in [7, 11) is 0. The monoisotopic (exact) mass is 844 g/mol. The Morgan fingerprint density at radius 3 is 1.69 bits per heavy atom. The Balaban J connectivity index is 0.856. The molecule has 10 aromatic carbocycles. The van der Waals surface area contributed by atoms with Gasteiger partial charge in [-0.1, -0.05) is 178 Å². The van der Waals surface area contributed by atoms with Gasteiger partial charge in [0.2, 0.25) is 0 Å². The molecule has 3 aromatic heterocycles. The summed E-state index contributed by atoms with van der Waals surface area (Å²) in [6.07, 6.45) is 0. The molecule has 0 spiro atoms. The largest absolute Gasteiger partial charge is 0.291 e. The van der Waals surface area contributed by atoms with Crippen LogP contribution in [0.25, 0.3) is 125 Å². The highest BCUT2D eigenvalue weighted by atomic mass is 32.1. The summed E-state index contributed by atoms with van der Waals surface area (Å²) in [5.74, 6) is 0. The van der Waals surface area contributed by atoms with Crippen LogP contribution in [0.1, 0.15) is 25.0 Å². The van der Waals surface area contributed by atoms with Gasteiger partial charge in [0.15, 0.2) is 5.65 Å². The van der Waals surface area contributed by atoms with Crippen molar-refractivity contribution in [3.05, 3.63) is 217 Å². The number of fused-ring (bicyclic) bond motifs is 13. The average molecular weight is 845 g/mol. The zero-order valence-corrected chi connectivity index (χ0v) is 36.7. The normalized spacial score (nSPS) is 13.2. The van der Waals surface area contributed by atoms with Gasteiger partial charge in [0, 0.05) is 20.9 Å². The lowest BCUT2D eigenvalue weighted by atomic mass is 9.82. The van der Waals surface area contributed by atoms with E-state index in [-0.39, 0.29) is 5.41 Å². The molecule has 3 heterocycles. The van der Waals surface area contributed by atoms with Gasteiger partial charge in [0.1, 0.15) is 0 Å². The fraction of sp³-hybridized carbons (Fsp3) is 0.0484. The summed E-state index contributed by atoms with van der Waals surface area (Å²) in [4.78, 5) is 5.41. The summed E-state index contributed by atoms with van der Waals surface area (Å²) in [6.45, 7) is 4.68. The van der Waals surface area contributed by atoms with Crippen LogP contribution in [0.15, 0.2) is 206 Å². The summed E-state index contributed by atoms with van der Waals surface area (Å²) in [6, 6.07) is 76.7. The molecular formula is C62H40N2S. The number of aromatic nitrogens is 2. The zero-order chi connectivity index (χ0) is 43.0. The van der Waals surface area contributed by atoms with E-state index in [0.717, 1.165) is 27.9 Å². The van der Waals surface area contributed by atoms with Crippen LogP contribution in [-0.2, 0) is 5.41 Å². The molecule has 304 valence electrons. The lowest BCUT2D eigenvalue weighted by Crippen LogP contribution is -2.14. The Kier molecular flexibility index (Phi) is 7.65. The molecule has 1 aliphatic rings. The summed E-state index contributed by atoms with van der Waals surface area (Å²) in [5, 5.41) is 9.94. The SMILES string of the molecule is CC1(C)c2ccccc2-c2cc(-c3ccc(-c4ccc(-c5ccc(-c6cc7c8ccccc8sc7c7nc8cc9cc%10ccccc%10cc9cc8n67)cc5)c5ccccc45)cc3)ccc21. The molecule has 0 atom stereocenters. The number of hydrogen-bond donors (Lipinski definition) is 0. The van der Waals surface area contributed by atoms with E-state index in [0.29, 0.717) is 0 Å². The van der Waals surface area contributed by atoms with Crippen LogP contribution in [0.2, 0.25) is 0 Å². The number of rotatable bonds is 4. The van der Waals surface area contributed by atoms with Crippen molar-refractivity contribution in [2.75, 3.05) is 0 Å². The second-order valence-corrected chi connectivity index (χ2v) is 19.4. The molecule has 0 saturated carbocycles. The van der Waals surface area contributed by atoms with E-state index in [2.05, 4.69) is 225 Å². The highest BCUT2D eigenvalue weighted by Crippen LogP contribution is 2.50. The maximum Gasteiger partial charge on any atom is 0.156 e. The predicted octanol–water partition coefficient (Wildman–Crippen LogP) is 17.3. The van der Waals surface area contributed by atoms with Crippen LogP contribution in [0.4, 0.5) is 0 Å². The zero-order valence-electron chi connectivity index (χ0n) is 35.9. The van der Waals surface area contributed by atoms with E-state index in [4.69, 9.17) is 4.98 Å². The van der Waals surface area contributed by atoms with E-state index in [1.54, 1.807) is 0 Å². The molecule has 0 fully saturated rings. The van der Waals surface area contributed by atoms with Crippen molar-refractivity contribution in [1.29, 1.82) is 0 Å². The van der Waals surface area contributed by atoms with Crippen LogP contribution in [-0.4, -0.2) is 9.38 Å². The molecule has 2 nitrogen and oxygen atoms in total. The Hall–Kier alpha value is -7.85. The molecule has 0 amide bonds. The third-order valence-corrected chi connectivity index (χ3v) is 15.5. The maximum atomic E-state index is 5.41. The first-order chi connectivity index (χ1) is 31.9. The number of benzene rings is 10. The summed E-state index contributed by atoms with van der Waals surface area (Å²) < 4.78 is 4.90. The van der Waals surface area contributed by atoms with Crippen molar-refractivity contribution in [3.8, 4) is 55.8 Å². The van der Waals surface area contributed by atoms with Crippen LogP contribution in [0.3, 0.4) is 0 Å². The molecule has 0 N–H and O–H groups in total. The molecule has 3 heteroatoms. The van der Waals surface area contributed by atoms with Gasteiger partial charge in [0.05, 0.1) is 21.4 Å². The van der Waals surface area contributed by atoms with Crippen LogP contribution >= 0.6 is 11.3 Å². The number of nitrogens with zero attached hydrogens (tertiary/aromatic N) is 2. The van der Waals surface area contributed by atoms with E-state index < -0.39 is 0 Å². The first-order valence-electron chi connectivity index (χ1n) is 22.5. The lowest BCUT2D eigenvalue weighted by molar-refractivity contribution is 0.660. The van der Waals surface area contributed by atoms with Crippen molar-refractivity contribution < 1.29 is 0 Å². The second kappa shape index (κ2) is 13.6. The van der Waals surface area contributed by atoms with Gasteiger partial charge in [0.25, 0.3) is 0 Å². The van der Waals surface area contributed by atoms with Gasteiger partial charge >= 0.3 is 0 Å². The fourth-order valence-electron chi connectivity index (χ4n) is 11.1. The van der Waals surface area contributed by atoms with Crippen molar-refractivity contribution in [1.82, 2.24) is 9.38 Å². The van der Waals surface area contributed by atoms with Gasteiger partial charge in [-0.2, -0.15) is 0 Å². The van der Waals surface area contributed by atoms with Gasteiger partial charge in [-0.05, 0) is 136 Å². The third-order valence-electron chi connectivity index (χ3n) is 14.4. The quantitative estimate of drug-likeness (QED) is 0.161. The van der Waals surface area contributed by atoms with Crippen molar-refractivity contribution >= 4 is 80.5 Å². The predicted molar refractivity (Wildman–Crippen MR) is 277 cm³/mol. The molecule has 0 saturated heterocycles. The number of hydrogen-bond acceptors (Lipinski definition) is 2. The second-order valence-electron chi connectivity index (χ2n) is 18.3. The van der Waals surface area contributed by atoms with Crippen LogP contribution in [0, 0.1) is 0 Å². The molecule has 1 aliphatic carbocycles. The molecule has 0 unspecified atom stereocenters. The van der Waals surface area contributed by atoms with Crippen LogP contribution in [0.5, 0.6) is 0 Å². The van der Waals surface area contributed by atoms with Crippen molar-refractivity contribution in [3.63, 3.8) is 0 Å². The van der Waals surface area contributed by atoms with Gasteiger partial charge < -0.3 is 0 Å². The molecular weight excluding hydrogens is 805 g/mol. The lowest BCUT2D eigenvalue weighted by Gasteiger charge is -2.21. The topological polar surface area (TPSA) is 17.3 Å². The van der Waals surface area contributed by atoms with Gasteiger partial charge in [-0.25, -0.2) is 4.98 Å². The molecule has 14 rings (SSSR count). The van der Waals surface area contributed by atoms with Crippen molar-refractivity contribution in [2.24, 2.45) is 0 Å². The molecule has 0 aliphatic heterocycles. The van der Waals surface area contributed by atoms with E-state index in [1.807, 2.05) is 11.3 Å². The third kappa shape index (κ3) is 5.43. The van der Waals surface area contributed by atoms with Gasteiger partial charge in [-0.3, -0.25) is 4.40 Å². The van der Waals surface area contributed by atoms with Gasteiger partial charge in [-0.15, -0.1) is 11.3 Å². The smallest absolute Gasteiger partial charge is 0.156 e. The van der Waals surface area contributed by atoms with E-state index in [1.165, 1.54) is 108 Å². The maximum absolute atomic E-state index is 5.41. The number of imidazole rings is 1. The Morgan fingerprint density at radius 1 is 0.400 bits per heavy atom.